The summed E-state index contributed by atoms with van der Waals surface area (Å²) in [7, 11) is 0. The first-order valence-corrected chi connectivity index (χ1v) is 6.05. The summed E-state index contributed by atoms with van der Waals surface area (Å²) < 4.78 is 0. The molecule has 0 saturated heterocycles. The molecule has 2 rings (SSSR count). The molecule has 0 aliphatic carbocycles. The molecule has 1 atom stereocenters. The van der Waals surface area contributed by atoms with Crippen LogP contribution in [0.2, 0.25) is 0 Å². The Balaban J connectivity index is 1.92. The van der Waals surface area contributed by atoms with Gasteiger partial charge in [-0.1, -0.05) is 30.3 Å². The Bertz CT molecular complexity index is 538. The van der Waals surface area contributed by atoms with E-state index in [1.165, 1.54) is 10.4 Å². The number of nitrogens with one attached hydrogen (secondary N) is 1. The molecule has 7 heteroatoms. The third kappa shape index (κ3) is 3.85. The van der Waals surface area contributed by atoms with Crippen molar-refractivity contribution in [2.24, 2.45) is 11.5 Å². The smallest absolute Gasteiger partial charge is 0.273 e. The van der Waals surface area contributed by atoms with Gasteiger partial charge in [0.1, 0.15) is 17.8 Å². The number of hydrogen-bond acceptors (Lipinski definition) is 4. The number of nitrogens with zero attached hydrogens (tertiary/aromatic N) is 3. The lowest BCUT2D eigenvalue weighted by atomic mass is 10.2. The van der Waals surface area contributed by atoms with Crippen LogP contribution in [0, 0.1) is 0 Å². The Labute approximate surface area is 110 Å². The zero-order chi connectivity index (χ0) is 13.7. The van der Waals surface area contributed by atoms with E-state index in [0.717, 1.165) is 6.42 Å². The number of aromatic nitrogens is 4. The van der Waals surface area contributed by atoms with Crippen molar-refractivity contribution in [2.75, 3.05) is 0 Å². The van der Waals surface area contributed by atoms with Crippen LogP contribution < -0.4 is 16.3 Å². The summed E-state index contributed by atoms with van der Waals surface area (Å²) in [5.41, 5.74) is 12.1. The van der Waals surface area contributed by atoms with Crippen molar-refractivity contribution in [3.05, 3.63) is 41.7 Å². The fourth-order valence-corrected chi connectivity index (χ4v) is 1.72. The predicted octanol–water partition coefficient (Wildman–Crippen LogP) is -0.790. The number of H-pyrrole nitrogens is 1. The number of rotatable bonds is 6. The topological polar surface area (TPSA) is 115 Å². The van der Waals surface area contributed by atoms with Gasteiger partial charge >= 0.3 is 0 Å². The third-order valence-corrected chi connectivity index (χ3v) is 2.72. The van der Waals surface area contributed by atoms with Crippen molar-refractivity contribution in [3.8, 4) is 0 Å². The number of carbonyl (C=O) groups excluding carboxylic acids is 1. The van der Waals surface area contributed by atoms with Crippen LogP contribution in [0.25, 0.3) is 0 Å². The summed E-state index contributed by atoms with van der Waals surface area (Å²) in [5, 5.41) is 10.9. The molecule has 1 aromatic carbocycles. The molecule has 100 valence electrons. The summed E-state index contributed by atoms with van der Waals surface area (Å²) in [5.74, 6) is 0.00611. The van der Waals surface area contributed by atoms with E-state index < -0.39 is 11.9 Å². The third-order valence-electron chi connectivity index (χ3n) is 2.72. The number of hydrogen-bond donors (Lipinski definition) is 3. The Morgan fingerprint density at radius 2 is 2.11 bits per heavy atom. The van der Waals surface area contributed by atoms with Crippen molar-refractivity contribution in [2.45, 2.75) is 25.4 Å². The van der Waals surface area contributed by atoms with Gasteiger partial charge in [0.05, 0.1) is 6.42 Å². The van der Waals surface area contributed by atoms with Gasteiger partial charge in [-0.3, -0.25) is 4.79 Å². The number of nitrogens with two attached hydrogens (primary N) is 2. The van der Waals surface area contributed by atoms with Crippen LogP contribution in [0.5, 0.6) is 0 Å². The first-order chi connectivity index (χ1) is 9.15. The van der Waals surface area contributed by atoms with E-state index in [-0.39, 0.29) is 6.42 Å². The van der Waals surface area contributed by atoms with Gasteiger partial charge in [-0.25, -0.2) is 0 Å². The second-order valence-electron chi connectivity index (χ2n) is 4.31. The van der Waals surface area contributed by atoms with Gasteiger partial charge in [0.15, 0.2) is 0 Å². The highest BCUT2D eigenvalue weighted by molar-refractivity contribution is 5.74. The molecule has 1 aromatic heterocycles. The summed E-state index contributed by atoms with van der Waals surface area (Å²) in [6.07, 6.45) is 0.877. The Hall–Kier alpha value is -2.28. The maximum Gasteiger partial charge on any atom is 0.273 e. The molecule has 1 heterocycles. The SMILES string of the molecule is NC(=O)C[C@@H](N)c1n[n+](CCc2ccccc2)n[nH]1. The van der Waals surface area contributed by atoms with Gasteiger partial charge in [-0.15, -0.1) is 5.10 Å². The predicted molar refractivity (Wildman–Crippen MR) is 67.5 cm³/mol. The average molecular weight is 261 g/mol. The summed E-state index contributed by atoms with van der Waals surface area (Å²) >= 11 is 0. The number of benzene rings is 1. The minimum atomic E-state index is -0.539. The second-order valence-corrected chi connectivity index (χ2v) is 4.31. The van der Waals surface area contributed by atoms with Crippen LogP contribution in [-0.2, 0) is 17.8 Å². The average Bonchev–Trinajstić information content (AvgIpc) is 2.86. The number of primary amides is 1. The van der Waals surface area contributed by atoms with Crippen molar-refractivity contribution in [1.82, 2.24) is 15.4 Å². The molecule has 2 aromatic rings. The highest BCUT2D eigenvalue weighted by Crippen LogP contribution is 2.04. The minimum Gasteiger partial charge on any atom is -0.370 e. The van der Waals surface area contributed by atoms with Crippen LogP contribution in [0.15, 0.2) is 30.3 Å². The number of carbonyl (C=O) groups is 1. The first kappa shape index (κ1) is 13.2. The van der Waals surface area contributed by atoms with E-state index in [1.54, 1.807) is 0 Å². The van der Waals surface area contributed by atoms with Gasteiger partial charge in [0.25, 0.3) is 5.82 Å². The summed E-state index contributed by atoms with van der Waals surface area (Å²) in [6, 6.07) is 9.52. The van der Waals surface area contributed by atoms with Crippen LogP contribution in [0.3, 0.4) is 0 Å². The molecular formula is C12H17N6O+. The molecule has 0 spiro atoms. The lowest BCUT2D eigenvalue weighted by Gasteiger charge is -1.99. The van der Waals surface area contributed by atoms with E-state index in [4.69, 9.17) is 11.5 Å². The molecule has 19 heavy (non-hydrogen) atoms. The van der Waals surface area contributed by atoms with Crippen LogP contribution in [0.4, 0.5) is 0 Å². The molecule has 0 saturated carbocycles. The number of amides is 1. The van der Waals surface area contributed by atoms with Crippen molar-refractivity contribution in [3.63, 3.8) is 0 Å². The Kier molecular flexibility index (Phi) is 4.19. The summed E-state index contributed by atoms with van der Waals surface area (Å²) in [6.45, 7) is 0.643. The molecule has 0 aliphatic rings. The van der Waals surface area contributed by atoms with Gasteiger partial charge in [0.2, 0.25) is 5.91 Å². The molecular weight excluding hydrogens is 244 g/mol. The maximum atomic E-state index is 10.8. The van der Waals surface area contributed by atoms with Crippen LogP contribution in [-0.4, -0.2) is 21.3 Å². The van der Waals surface area contributed by atoms with E-state index in [0.29, 0.717) is 12.4 Å². The molecule has 0 fully saturated rings. The van der Waals surface area contributed by atoms with E-state index in [2.05, 4.69) is 15.4 Å². The quantitative estimate of drug-likeness (QED) is 0.591. The Morgan fingerprint density at radius 3 is 2.79 bits per heavy atom. The number of tetrazole rings is 1. The lowest BCUT2D eigenvalue weighted by Crippen LogP contribution is -2.40. The first-order valence-electron chi connectivity index (χ1n) is 6.05. The van der Waals surface area contributed by atoms with Gasteiger partial charge in [-0.2, -0.15) is 0 Å². The molecule has 0 unspecified atom stereocenters. The monoisotopic (exact) mass is 261 g/mol. The summed E-state index contributed by atoms with van der Waals surface area (Å²) in [4.78, 5) is 12.3. The Morgan fingerprint density at radius 1 is 1.37 bits per heavy atom. The molecule has 1 amide bonds. The van der Waals surface area contributed by atoms with Crippen molar-refractivity contribution < 1.29 is 9.59 Å². The highest BCUT2D eigenvalue weighted by atomic mass is 16.1. The second kappa shape index (κ2) is 6.05. The van der Waals surface area contributed by atoms with Gasteiger partial charge in [0, 0.05) is 6.42 Å². The van der Waals surface area contributed by atoms with Crippen LogP contribution >= 0.6 is 0 Å². The zero-order valence-electron chi connectivity index (χ0n) is 10.5. The zero-order valence-corrected chi connectivity index (χ0v) is 10.5. The fourth-order valence-electron chi connectivity index (χ4n) is 1.72. The van der Waals surface area contributed by atoms with Gasteiger partial charge in [-0.05, 0) is 15.5 Å². The fraction of sp³-hybridized carbons (Fsp3) is 0.333. The lowest BCUT2D eigenvalue weighted by molar-refractivity contribution is -0.805. The van der Waals surface area contributed by atoms with Crippen molar-refractivity contribution in [1.29, 1.82) is 0 Å². The van der Waals surface area contributed by atoms with E-state index >= 15 is 0 Å². The molecule has 0 aliphatic heterocycles. The molecule has 5 N–H and O–H groups in total. The number of aromatic amines is 1. The molecule has 0 radical (unpaired) electrons. The van der Waals surface area contributed by atoms with Gasteiger partial charge < -0.3 is 11.5 Å². The highest BCUT2D eigenvalue weighted by Gasteiger charge is 2.19. The van der Waals surface area contributed by atoms with E-state index in [1.807, 2.05) is 30.3 Å². The molecule has 7 nitrogen and oxygen atoms in total. The normalized spacial score (nSPS) is 12.3. The maximum absolute atomic E-state index is 10.8. The van der Waals surface area contributed by atoms with Crippen LogP contribution in [0.1, 0.15) is 23.9 Å². The minimum absolute atomic E-state index is 0.0495. The van der Waals surface area contributed by atoms with Crippen molar-refractivity contribution >= 4 is 5.91 Å². The molecule has 0 bridgehead atoms. The standard InChI is InChI=1S/C12H16N6O/c13-10(8-11(14)19)12-15-17-18(16-12)7-6-9-4-2-1-3-5-9/h1-5,10H,6-8,13H2,(H2,14,19)/p+1/t10-/m1/s1. The number of aryl methyl sites for hydroxylation is 2. The van der Waals surface area contributed by atoms with E-state index in [9.17, 15) is 4.79 Å². The largest absolute Gasteiger partial charge is 0.370 e.